The van der Waals surface area contributed by atoms with Crippen LogP contribution >= 0.6 is 0 Å². The first-order valence-corrected chi connectivity index (χ1v) is 8.37. The average molecular weight is 290 g/mol. The summed E-state index contributed by atoms with van der Waals surface area (Å²) in [7, 11) is 0. The minimum Gasteiger partial charge on any atom is -0.372 e. The molecule has 0 aliphatic carbocycles. The number of hydrogen-bond acceptors (Lipinski definition) is 3. The Morgan fingerprint density at radius 1 is 1.14 bits per heavy atom. The Morgan fingerprint density at radius 3 is 2.29 bits per heavy atom. The predicted octanol–water partition coefficient (Wildman–Crippen LogP) is 3.75. The lowest BCUT2D eigenvalue weighted by Gasteiger charge is -2.37. The van der Waals surface area contributed by atoms with Crippen molar-refractivity contribution >= 4 is 5.69 Å². The Kier molecular flexibility index (Phi) is 6.07. The summed E-state index contributed by atoms with van der Waals surface area (Å²) in [6, 6.07) is 9.54. The van der Waals surface area contributed by atoms with E-state index >= 15 is 0 Å². The molecule has 1 aliphatic rings. The fraction of sp³-hybridized carbons (Fsp3) is 0.667. The van der Waals surface area contributed by atoms with Crippen molar-refractivity contribution in [2.45, 2.75) is 58.8 Å². The molecule has 2 rings (SSSR count). The zero-order valence-electron chi connectivity index (χ0n) is 13.9. The van der Waals surface area contributed by atoms with E-state index in [9.17, 15) is 0 Å². The first kappa shape index (κ1) is 16.3. The van der Waals surface area contributed by atoms with Crippen LogP contribution in [0.2, 0.25) is 0 Å². The van der Waals surface area contributed by atoms with E-state index in [4.69, 9.17) is 4.74 Å². The summed E-state index contributed by atoms with van der Waals surface area (Å²) >= 11 is 0. The van der Waals surface area contributed by atoms with Crippen LogP contribution in [-0.4, -0.2) is 31.8 Å². The van der Waals surface area contributed by atoms with E-state index in [2.05, 4.69) is 62.2 Å². The standard InChI is InChI=1S/C18H30N2O/c1-5-11-19-18(6-2)16-7-9-17(10-8-16)20-12-14(3)21-15(4)13-20/h7-10,14-15,18-19H,5-6,11-13H2,1-4H3. The smallest absolute Gasteiger partial charge is 0.0726 e. The van der Waals surface area contributed by atoms with Gasteiger partial charge in [-0.2, -0.15) is 0 Å². The van der Waals surface area contributed by atoms with Gasteiger partial charge in [0.1, 0.15) is 0 Å². The van der Waals surface area contributed by atoms with Gasteiger partial charge in [-0.15, -0.1) is 0 Å². The predicted molar refractivity (Wildman–Crippen MR) is 90.0 cm³/mol. The van der Waals surface area contributed by atoms with Crippen LogP contribution in [-0.2, 0) is 4.74 Å². The summed E-state index contributed by atoms with van der Waals surface area (Å²) in [6.07, 6.45) is 2.93. The number of hydrogen-bond donors (Lipinski definition) is 1. The molecular weight excluding hydrogens is 260 g/mol. The molecule has 3 nitrogen and oxygen atoms in total. The molecule has 0 amide bonds. The lowest BCUT2D eigenvalue weighted by molar-refractivity contribution is -0.00521. The minimum absolute atomic E-state index is 0.308. The molecule has 1 heterocycles. The molecule has 1 aliphatic heterocycles. The van der Waals surface area contributed by atoms with Crippen LogP contribution in [0.4, 0.5) is 5.69 Å². The summed E-state index contributed by atoms with van der Waals surface area (Å²) in [5.41, 5.74) is 2.70. The van der Waals surface area contributed by atoms with Gasteiger partial charge in [0.15, 0.2) is 0 Å². The van der Waals surface area contributed by atoms with Crippen molar-refractivity contribution in [2.75, 3.05) is 24.5 Å². The Bertz CT molecular complexity index is 408. The molecule has 0 radical (unpaired) electrons. The number of morpholine rings is 1. The number of nitrogens with zero attached hydrogens (tertiary/aromatic N) is 1. The maximum atomic E-state index is 5.81. The Labute approximate surface area is 129 Å². The number of nitrogens with one attached hydrogen (secondary N) is 1. The summed E-state index contributed by atoms with van der Waals surface area (Å²) in [6.45, 7) is 11.8. The molecule has 0 spiro atoms. The van der Waals surface area contributed by atoms with Crippen LogP contribution in [0, 0.1) is 0 Å². The minimum atomic E-state index is 0.308. The third-order valence-electron chi connectivity index (χ3n) is 4.13. The van der Waals surface area contributed by atoms with Crippen LogP contribution in [0.5, 0.6) is 0 Å². The van der Waals surface area contributed by atoms with Gasteiger partial charge in [0.25, 0.3) is 0 Å². The maximum absolute atomic E-state index is 5.81. The van der Waals surface area contributed by atoms with Crippen molar-refractivity contribution in [2.24, 2.45) is 0 Å². The van der Waals surface area contributed by atoms with Gasteiger partial charge in [0.05, 0.1) is 12.2 Å². The molecule has 1 aromatic rings. The van der Waals surface area contributed by atoms with Crippen molar-refractivity contribution in [1.29, 1.82) is 0 Å². The molecule has 1 aromatic carbocycles. The second-order valence-electron chi connectivity index (χ2n) is 6.17. The van der Waals surface area contributed by atoms with E-state index in [0.29, 0.717) is 18.2 Å². The highest BCUT2D eigenvalue weighted by Gasteiger charge is 2.22. The summed E-state index contributed by atoms with van der Waals surface area (Å²) < 4.78 is 5.81. The van der Waals surface area contributed by atoms with E-state index < -0.39 is 0 Å². The molecule has 1 saturated heterocycles. The van der Waals surface area contributed by atoms with E-state index in [-0.39, 0.29) is 0 Å². The zero-order valence-corrected chi connectivity index (χ0v) is 13.9. The van der Waals surface area contributed by atoms with Crippen molar-refractivity contribution in [3.8, 4) is 0 Å². The highest BCUT2D eigenvalue weighted by atomic mass is 16.5. The molecule has 3 unspecified atom stereocenters. The van der Waals surface area contributed by atoms with Gasteiger partial charge in [0.2, 0.25) is 0 Å². The van der Waals surface area contributed by atoms with Gasteiger partial charge in [-0.3, -0.25) is 0 Å². The van der Waals surface area contributed by atoms with Gasteiger partial charge in [-0.25, -0.2) is 0 Å². The molecule has 1 N–H and O–H groups in total. The Morgan fingerprint density at radius 2 is 1.76 bits per heavy atom. The number of benzene rings is 1. The highest BCUT2D eigenvalue weighted by Crippen LogP contribution is 2.24. The molecule has 0 saturated carbocycles. The van der Waals surface area contributed by atoms with E-state index in [0.717, 1.165) is 26.1 Å². The maximum Gasteiger partial charge on any atom is 0.0726 e. The van der Waals surface area contributed by atoms with Crippen LogP contribution in [0.25, 0.3) is 0 Å². The van der Waals surface area contributed by atoms with Crippen molar-refractivity contribution in [1.82, 2.24) is 5.32 Å². The summed E-state index contributed by atoms with van der Waals surface area (Å²) in [5, 5.41) is 3.61. The first-order chi connectivity index (χ1) is 10.1. The highest BCUT2D eigenvalue weighted by molar-refractivity contribution is 5.48. The number of anilines is 1. The van der Waals surface area contributed by atoms with Crippen LogP contribution in [0.15, 0.2) is 24.3 Å². The lowest BCUT2D eigenvalue weighted by Crippen LogP contribution is -2.45. The topological polar surface area (TPSA) is 24.5 Å². The molecule has 3 atom stereocenters. The quantitative estimate of drug-likeness (QED) is 0.863. The third-order valence-corrected chi connectivity index (χ3v) is 4.13. The normalized spacial score (nSPS) is 24.1. The van der Waals surface area contributed by atoms with Gasteiger partial charge < -0.3 is 15.0 Å². The largest absolute Gasteiger partial charge is 0.372 e. The Hall–Kier alpha value is -1.06. The molecule has 118 valence electrons. The van der Waals surface area contributed by atoms with Gasteiger partial charge in [-0.1, -0.05) is 26.0 Å². The van der Waals surface area contributed by atoms with Crippen LogP contribution in [0.1, 0.15) is 52.1 Å². The third kappa shape index (κ3) is 4.45. The SMILES string of the molecule is CCCNC(CC)c1ccc(N2CC(C)OC(C)C2)cc1. The molecule has 1 fully saturated rings. The Balaban J connectivity index is 2.03. The van der Waals surface area contributed by atoms with Crippen molar-refractivity contribution < 1.29 is 4.74 Å². The van der Waals surface area contributed by atoms with E-state index in [1.54, 1.807) is 0 Å². The fourth-order valence-electron chi connectivity index (χ4n) is 3.12. The molecular formula is C18H30N2O. The monoisotopic (exact) mass is 290 g/mol. The van der Waals surface area contributed by atoms with Crippen molar-refractivity contribution in [3.05, 3.63) is 29.8 Å². The summed E-state index contributed by atoms with van der Waals surface area (Å²) in [5.74, 6) is 0. The lowest BCUT2D eigenvalue weighted by atomic mass is 10.0. The van der Waals surface area contributed by atoms with Crippen LogP contribution in [0.3, 0.4) is 0 Å². The second kappa shape index (κ2) is 7.81. The van der Waals surface area contributed by atoms with Crippen LogP contribution < -0.4 is 10.2 Å². The second-order valence-corrected chi connectivity index (χ2v) is 6.17. The molecule has 21 heavy (non-hydrogen) atoms. The molecule has 3 heteroatoms. The molecule has 0 aromatic heterocycles. The fourth-order valence-corrected chi connectivity index (χ4v) is 3.12. The number of ether oxygens (including phenoxy) is 1. The average Bonchev–Trinajstić information content (AvgIpc) is 2.47. The van der Waals surface area contributed by atoms with Gasteiger partial charge in [0, 0.05) is 24.8 Å². The first-order valence-electron chi connectivity index (χ1n) is 8.37. The van der Waals surface area contributed by atoms with E-state index in [1.165, 1.54) is 17.7 Å². The summed E-state index contributed by atoms with van der Waals surface area (Å²) in [4.78, 5) is 2.43. The van der Waals surface area contributed by atoms with E-state index in [1.807, 2.05) is 0 Å². The molecule has 0 bridgehead atoms. The van der Waals surface area contributed by atoms with Gasteiger partial charge in [-0.05, 0) is 50.9 Å². The van der Waals surface area contributed by atoms with Crippen molar-refractivity contribution in [3.63, 3.8) is 0 Å². The number of rotatable bonds is 6. The van der Waals surface area contributed by atoms with Gasteiger partial charge >= 0.3 is 0 Å². The zero-order chi connectivity index (χ0) is 15.2.